The lowest BCUT2D eigenvalue weighted by molar-refractivity contribution is 0.387. The van der Waals surface area contributed by atoms with E-state index in [9.17, 15) is 13.6 Å². The molecule has 3 rings (SSSR count). The molecule has 0 fully saturated rings. The number of hydrogen-bond acceptors (Lipinski definition) is 3. The van der Waals surface area contributed by atoms with Gasteiger partial charge in [0.1, 0.15) is 11.6 Å². The van der Waals surface area contributed by atoms with E-state index in [1.807, 2.05) is 6.92 Å². The van der Waals surface area contributed by atoms with Crippen molar-refractivity contribution in [3.05, 3.63) is 81.3 Å². The molecule has 2 aromatic carbocycles. The highest BCUT2D eigenvalue weighted by Crippen LogP contribution is 2.31. The van der Waals surface area contributed by atoms with E-state index in [4.69, 9.17) is 4.74 Å². The highest BCUT2D eigenvalue weighted by atomic mass is 19.1. The van der Waals surface area contributed by atoms with Crippen LogP contribution in [0.25, 0.3) is 11.4 Å². The number of para-hydroxylation sites is 1. The van der Waals surface area contributed by atoms with Crippen LogP contribution in [0.2, 0.25) is 0 Å². The summed E-state index contributed by atoms with van der Waals surface area (Å²) in [7, 11) is 1.38. The average Bonchev–Trinajstić information content (AvgIpc) is 2.71. The highest BCUT2D eigenvalue weighted by molar-refractivity contribution is 5.65. The summed E-state index contributed by atoms with van der Waals surface area (Å²) < 4.78 is 35.1. The molecule has 0 unspecified atom stereocenters. The molecule has 4 nitrogen and oxygen atoms in total. The van der Waals surface area contributed by atoms with E-state index in [0.29, 0.717) is 41.1 Å². The van der Waals surface area contributed by atoms with E-state index >= 15 is 0 Å². The molecular weight excluding hydrogens is 374 g/mol. The van der Waals surface area contributed by atoms with E-state index in [2.05, 4.69) is 4.98 Å². The molecule has 0 bridgehead atoms. The fourth-order valence-electron chi connectivity index (χ4n) is 3.48. The van der Waals surface area contributed by atoms with E-state index in [0.717, 1.165) is 6.42 Å². The van der Waals surface area contributed by atoms with Crippen LogP contribution in [-0.2, 0) is 19.4 Å². The molecule has 0 saturated heterocycles. The molecule has 0 saturated carbocycles. The molecule has 0 aliphatic heterocycles. The Balaban J connectivity index is 2.16. The number of hydrogen-bond donors (Lipinski definition) is 0. The van der Waals surface area contributed by atoms with Gasteiger partial charge in [0.2, 0.25) is 0 Å². The monoisotopic (exact) mass is 398 g/mol. The lowest BCUT2D eigenvalue weighted by Crippen LogP contribution is -2.29. The Kier molecular flexibility index (Phi) is 6.42. The maximum Gasteiger partial charge on any atom is 0.257 e. The Morgan fingerprint density at radius 3 is 2.45 bits per heavy atom. The first-order chi connectivity index (χ1) is 14.0. The number of benzene rings is 2. The predicted octanol–water partition coefficient (Wildman–Crippen LogP) is 4.70. The zero-order valence-electron chi connectivity index (χ0n) is 16.8. The molecular formula is C23H24F2N2O2. The van der Waals surface area contributed by atoms with Crippen molar-refractivity contribution in [1.29, 1.82) is 0 Å². The van der Waals surface area contributed by atoms with Gasteiger partial charge >= 0.3 is 0 Å². The topological polar surface area (TPSA) is 44.1 Å². The van der Waals surface area contributed by atoms with E-state index in [-0.39, 0.29) is 23.7 Å². The zero-order valence-corrected chi connectivity index (χ0v) is 16.8. The minimum absolute atomic E-state index is 0.0293. The van der Waals surface area contributed by atoms with Gasteiger partial charge in [-0.25, -0.2) is 13.8 Å². The third kappa shape index (κ3) is 4.21. The third-order valence-electron chi connectivity index (χ3n) is 4.94. The van der Waals surface area contributed by atoms with Gasteiger partial charge in [0, 0.05) is 17.8 Å². The van der Waals surface area contributed by atoms with E-state index in [1.54, 1.807) is 37.3 Å². The van der Waals surface area contributed by atoms with Gasteiger partial charge < -0.3 is 4.74 Å². The van der Waals surface area contributed by atoms with Gasteiger partial charge in [-0.2, -0.15) is 0 Å². The number of nitrogens with zero attached hydrogens (tertiary/aromatic N) is 2. The summed E-state index contributed by atoms with van der Waals surface area (Å²) in [5, 5.41) is 0. The van der Waals surface area contributed by atoms with Crippen molar-refractivity contribution in [3.8, 4) is 17.1 Å². The summed E-state index contributed by atoms with van der Waals surface area (Å²) in [6.07, 6.45) is 1.71. The van der Waals surface area contributed by atoms with Crippen molar-refractivity contribution >= 4 is 0 Å². The number of rotatable bonds is 7. The average molecular weight is 398 g/mol. The number of aryl methyl sites for hydroxylation is 2. The maximum absolute atomic E-state index is 14.3. The molecule has 0 spiro atoms. The normalized spacial score (nSPS) is 10.9. The largest absolute Gasteiger partial charge is 0.493 e. The summed E-state index contributed by atoms with van der Waals surface area (Å²) in [5.74, 6) is -0.504. The highest BCUT2D eigenvalue weighted by Gasteiger charge is 2.20. The second kappa shape index (κ2) is 8.99. The second-order valence-corrected chi connectivity index (χ2v) is 6.87. The van der Waals surface area contributed by atoms with Crippen LogP contribution in [0.3, 0.4) is 0 Å². The van der Waals surface area contributed by atoms with Crippen molar-refractivity contribution in [2.24, 2.45) is 0 Å². The van der Waals surface area contributed by atoms with Crippen LogP contribution in [-0.4, -0.2) is 16.7 Å². The molecule has 152 valence electrons. The number of ether oxygens (including phenoxy) is 1. The fourth-order valence-corrected chi connectivity index (χ4v) is 3.48. The Labute approximate surface area is 168 Å². The van der Waals surface area contributed by atoms with Crippen molar-refractivity contribution in [3.63, 3.8) is 0 Å². The Morgan fingerprint density at radius 2 is 1.76 bits per heavy atom. The molecule has 0 aliphatic rings. The summed E-state index contributed by atoms with van der Waals surface area (Å²) >= 11 is 0. The van der Waals surface area contributed by atoms with Gasteiger partial charge in [0.15, 0.2) is 11.6 Å². The molecule has 0 aliphatic carbocycles. The molecule has 0 atom stereocenters. The Morgan fingerprint density at radius 1 is 1.03 bits per heavy atom. The van der Waals surface area contributed by atoms with Crippen molar-refractivity contribution < 1.29 is 13.5 Å². The maximum atomic E-state index is 14.3. The van der Waals surface area contributed by atoms with Crippen LogP contribution in [0.15, 0.2) is 47.3 Å². The van der Waals surface area contributed by atoms with Crippen molar-refractivity contribution in [2.45, 2.75) is 39.7 Å². The Hall–Kier alpha value is -3.02. The van der Waals surface area contributed by atoms with Crippen molar-refractivity contribution in [1.82, 2.24) is 9.55 Å². The van der Waals surface area contributed by atoms with Gasteiger partial charge in [0.25, 0.3) is 5.56 Å². The van der Waals surface area contributed by atoms with Gasteiger partial charge in [-0.15, -0.1) is 0 Å². The number of halogens is 2. The minimum atomic E-state index is -0.532. The fraction of sp³-hybridized carbons (Fsp3) is 0.304. The van der Waals surface area contributed by atoms with Gasteiger partial charge in [-0.05, 0) is 43.5 Å². The SMILES string of the molecule is CCCc1c(C)nc(-c2cccc(F)c2OC)n(CCc2ccccc2F)c1=O. The predicted molar refractivity (Wildman–Crippen MR) is 109 cm³/mol. The molecule has 3 aromatic rings. The first-order valence-electron chi connectivity index (χ1n) is 9.64. The van der Waals surface area contributed by atoms with Crippen LogP contribution < -0.4 is 10.3 Å². The first kappa shape index (κ1) is 20.7. The van der Waals surface area contributed by atoms with Gasteiger partial charge in [0.05, 0.1) is 12.7 Å². The van der Waals surface area contributed by atoms with Crippen molar-refractivity contribution in [2.75, 3.05) is 7.11 Å². The van der Waals surface area contributed by atoms with E-state index < -0.39 is 5.82 Å². The summed E-state index contributed by atoms with van der Waals surface area (Å²) in [5.41, 5.74) is 1.95. The zero-order chi connectivity index (χ0) is 21.0. The molecule has 29 heavy (non-hydrogen) atoms. The minimum Gasteiger partial charge on any atom is -0.493 e. The first-order valence-corrected chi connectivity index (χ1v) is 9.64. The van der Waals surface area contributed by atoms with Crippen LogP contribution >= 0.6 is 0 Å². The van der Waals surface area contributed by atoms with Gasteiger partial charge in [-0.1, -0.05) is 37.6 Å². The molecule has 1 heterocycles. The summed E-state index contributed by atoms with van der Waals surface area (Å²) in [6, 6.07) is 11.0. The van der Waals surface area contributed by atoms with Crippen LogP contribution in [0, 0.1) is 18.6 Å². The third-order valence-corrected chi connectivity index (χ3v) is 4.94. The molecule has 0 N–H and O–H groups in total. The molecule has 6 heteroatoms. The smallest absolute Gasteiger partial charge is 0.257 e. The van der Waals surface area contributed by atoms with E-state index in [1.165, 1.54) is 23.8 Å². The number of methoxy groups -OCH3 is 1. The summed E-state index contributed by atoms with van der Waals surface area (Å²) in [4.78, 5) is 17.9. The van der Waals surface area contributed by atoms with Crippen LogP contribution in [0.1, 0.15) is 30.2 Å². The van der Waals surface area contributed by atoms with Gasteiger partial charge in [-0.3, -0.25) is 9.36 Å². The second-order valence-electron chi connectivity index (χ2n) is 6.87. The van der Waals surface area contributed by atoms with Crippen LogP contribution in [0.5, 0.6) is 5.75 Å². The summed E-state index contributed by atoms with van der Waals surface area (Å²) in [6.45, 7) is 3.99. The molecule has 0 radical (unpaired) electrons. The lowest BCUT2D eigenvalue weighted by atomic mass is 10.1. The Bertz CT molecular complexity index is 1080. The standard InChI is InChI=1S/C23H24F2N2O2/c1-4-8-17-15(2)26-22(18-10-7-12-20(25)21(18)29-3)27(23(17)28)14-13-16-9-5-6-11-19(16)24/h5-7,9-12H,4,8,13-14H2,1-3H3. The number of aromatic nitrogens is 2. The quantitative estimate of drug-likeness (QED) is 0.579. The van der Waals surface area contributed by atoms with Crippen LogP contribution in [0.4, 0.5) is 8.78 Å². The molecule has 0 amide bonds. The lowest BCUT2D eigenvalue weighted by Gasteiger charge is -2.18. The molecule has 1 aromatic heterocycles.